The summed E-state index contributed by atoms with van der Waals surface area (Å²) in [4.78, 5) is 21.5. The molecular formula is C14H15ClN2O4. The van der Waals surface area contributed by atoms with Crippen molar-refractivity contribution in [2.24, 2.45) is 11.3 Å². The number of nitro benzene ring substituents is 1. The highest BCUT2D eigenvalue weighted by Crippen LogP contribution is 2.61. The Hall–Kier alpha value is -1.82. The maximum atomic E-state index is 11.3. The molecule has 0 amide bonds. The minimum Gasteiger partial charge on any atom is -0.478 e. The molecule has 2 aliphatic carbocycles. The quantitative estimate of drug-likeness (QED) is 0.619. The van der Waals surface area contributed by atoms with Gasteiger partial charge in [-0.3, -0.25) is 10.1 Å². The number of carboxylic acids is 1. The number of anilines is 1. The third kappa shape index (κ3) is 2.68. The highest BCUT2D eigenvalue weighted by Gasteiger charge is 2.53. The molecular weight excluding hydrogens is 296 g/mol. The fraction of sp³-hybridized carbons (Fsp3) is 0.500. The van der Waals surface area contributed by atoms with Gasteiger partial charge in [0.25, 0.3) is 5.69 Å². The summed E-state index contributed by atoms with van der Waals surface area (Å²) in [6, 6.07) is 2.24. The summed E-state index contributed by atoms with van der Waals surface area (Å²) in [5, 5.41) is 23.2. The summed E-state index contributed by atoms with van der Waals surface area (Å²) in [6.07, 6.45) is 4.78. The van der Waals surface area contributed by atoms with Crippen LogP contribution < -0.4 is 5.32 Å². The van der Waals surface area contributed by atoms with Gasteiger partial charge in [0.15, 0.2) is 0 Å². The van der Waals surface area contributed by atoms with Crippen LogP contribution in [0.15, 0.2) is 12.1 Å². The molecule has 0 heterocycles. The molecule has 1 aromatic carbocycles. The molecule has 0 unspecified atom stereocenters. The van der Waals surface area contributed by atoms with E-state index < -0.39 is 10.9 Å². The van der Waals surface area contributed by atoms with E-state index in [4.69, 9.17) is 11.6 Å². The van der Waals surface area contributed by atoms with E-state index >= 15 is 0 Å². The molecule has 0 spiro atoms. The average molecular weight is 311 g/mol. The Morgan fingerprint density at radius 2 is 2.14 bits per heavy atom. The van der Waals surface area contributed by atoms with Crippen LogP contribution in [-0.4, -0.2) is 22.5 Å². The van der Waals surface area contributed by atoms with Gasteiger partial charge in [-0.15, -0.1) is 0 Å². The van der Waals surface area contributed by atoms with E-state index in [2.05, 4.69) is 5.32 Å². The van der Waals surface area contributed by atoms with Crippen LogP contribution in [0.1, 0.15) is 36.0 Å². The smallest absolute Gasteiger partial charge is 0.338 e. The summed E-state index contributed by atoms with van der Waals surface area (Å²) in [6.45, 7) is 0.676. The van der Waals surface area contributed by atoms with Crippen LogP contribution in [0, 0.1) is 21.4 Å². The standard InChI is InChI=1S/C14H15ClN2O4/c15-11-6-9(17(20)21)5-10(13(18)19)12(11)16-7-14(3-4-14)8-1-2-8/h5-6,8,16H,1-4,7H2,(H,18,19). The van der Waals surface area contributed by atoms with Crippen LogP contribution in [-0.2, 0) is 0 Å². The zero-order valence-electron chi connectivity index (χ0n) is 11.3. The number of nitro groups is 1. The fourth-order valence-electron chi connectivity index (χ4n) is 2.90. The summed E-state index contributed by atoms with van der Waals surface area (Å²) < 4.78 is 0. The fourth-order valence-corrected chi connectivity index (χ4v) is 3.18. The number of nitrogens with zero attached hydrogens (tertiary/aromatic N) is 1. The Morgan fingerprint density at radius 1 is 1.48 bits per heavy atom. The second-order valence-electron chi connectivity index (χ2n) is 5.90. The number of benzene rings is 1. The van der Waals surface area contributed by atoms with E-state index in [1.807, 2.05) is 0 Å². The van der Waals surface area contributed by atoms with E-state index in [0.717, 1.165) is 24.8 Å². The molecule has 0 radical (unpaired) electrons. The lowest BCUT2D eigenvalue weighted by Crippen LogP contribution is -2.19. The van der Waals surface area contributed by atoms with Crippen molar-refractivity contribution in [1.82, 2.24) is 0 Å². The number of carboxylic acid groups (broad SMARTS) is 1. The zero-order chi connectivity index (χ0) is 15.2. The summed E-state index contributed by atoms with van der Waals surface area (Å²) in [5.41, 5.74) is 0.0923. The van der Waals surface area contributed by atoms with Gasteiger partial charge in [0, 0.05) is 18.7 Å². The Balaban J connectivity index is 1.86. The Morgan fingerprint density at radius 3 is 2.62 bits per heavy atom. The van der Waals surface area contributed by atoms with Gasteiger partial charge in [0.2, 0.25) is 0 Å². The predicted octanol–water partition coefficient (Wildman–Crippen LogP) is 3.55. The molecule has 7 heteroatoms. The number of aromatic carboxylic acids is 1. The molecule has 6 nitrogen and oxygen atoms in total. The van der Waals surface area contributed by atoms with E-state index in [1.165, 1.54) is 18.9 Å². The molecule has 0 atom stereocenters. The van der Waals surface area contributed by atoms with Crippen molar-refractivity contribution in [1.29, 1.82) is 0 Å². The maximum absolute atomic E-state index is 11.3. The van der Waals surface area contributed by atoms with Crippen molar-refractivity contribution in [3.63, 3.8) is 0 Å². The molecule has 112 valence electrons. The molecule has 0 aromatic heterocycles. The monoisotopic (exact) mass is 310 g/mol. The van der Waals surface area contributed by atoms with Crippen molar-refractivity contribution in [2.75, 3.05) is 11.9 Å². The van der Waals surface area contributed by atoms with E-state index in [-0.39, 0.29) is 27.4 Å². The van der Waals surface area contributed by atoms with Crippen molar-refractivity contribution >= 4 is 28.9 Å². The number of carbonyl (C=O) groups is 1. The van der Waals surface area contributed by atoms with Crippen LogP contribution in [0.2, 0.25) is 5.02 Å². The van der Waals surface area contributed by atoms with Crippen LogP contribution in [0.4, 0.5) is 11.4 Å². The largest absolute Gasteiger partial charge is 0.478 e. The van der Waals surface area contributed by atoms with Crippen LogP contribution in [0.5, 0.6) is 0 Å². The summed E-state index contributed by atoms with van der Waals surface area (Å²) in [7, 11) is 0. The number of rotatable bonds is 6. The first-order chi connectivity index (χ1) is 9.93. The number of hydrogen-bond donors (Lipinski definition) is 2. The van der Waals surface area contributed by atoms with Gasteiger partial charge in [-0.25, -0.2) is 4.79 Å². The zero-order valence-corrected chi connectivity index (χ0v) is 12.0. The molecule has 0 saturated heterocycles. The van der Waals surface area contributed by atoms with Gasteiger partial charge < -0.3 is 10.4 Å². The Bertz CT molecular complexity index is 624. The lowest BCUT2D eigenvalue weighted by molar-refractivity contribution is -0.384. The number of halogens is 1. The first-order valence-corrected chi connectivity index (χ1v) is 7.26. The Kier molecular flexibility index (Phi) is 3.28. The molecule has 2 aliphatic rings. The van der Waals surface area contributed by atoms with Crippen LogP contribution in [0.3, 0.4) is 0 Å². The molecule has 2 fully saturated rings. The van der Waals surface area contributed by atoms with Crippen LogP contribution in [0.25, 0.3) is 0 Å². The third-order valence-electron chi connectivity index (χ3n) is 4.47. The van der Waals surface area contributed by atoms with Gasteiger partial charge in [-0.1, -0.05) is 11.6 Å². The van der Waals surface area contributed by atoms with Gasteiger partial charge in [-0.2, -0.15) is 0 Å². The third-order valence-corrected chi connectivity index (χ3v) is 4.77. The minimum absolute atomic E-state index is 0.0770. The lowest BCUT2D eigenvalue weighted by atomic mass is 10.0. The molecule has 0 bridgehead atoms. The summed E-state index contributed by atoms with van der Waals surface area (Å²) in [5.74, 6) is -0.491. The molecule has 1 aromatic rings. The SMILES string of the molecule is O=C(O)c1cc([N+](=O)[O-])cc(Cl)c1NCC1(C2CC2)CC1. The maximum Gasteiger partial charge on any atom is 0.338 e. The second kappa shape index (κ2) is 4.87. The first kappa shape index (κ1) is 14.1. The highest BCUT2D eigenvalue weighted by molar-refractivity contribution is 6.34. The number of nitrogens with one attached hydrogen (secondary N) is 1. The van der Waals surface area contributed by atoms with Crippen molar-refractivity contribution in [3.05, 3.63) is 32.8 Å². The number of non-ortho nitro benzene ring substituents is 1. The average Bonchev–Trinajstić information content (AvgIpc) is 3.27. The molecule has 2 saturated carbocycles. The minimum atomic E-state index is -1.22. The van der Waals surface area contributed by atoms with Gasteiger partial charge in [0.1, 0.15) is 0 Å². The summed E-state index contributed by atoms with van der Waals surface area (Å²) >= 11 is 6.04. The van der Waals surface area contributed by atoms with Crippen molar-refractivity contribution < 1.29 is 14.8 Å². The van der Waals surface area contributed by atoms with Crippen molar-refractivity contribution in [3.8, 4) is 0 Å². The Labute approximate surface area is 126 Å². The highest BCUT2D eigenvalue weighted by atomic mass is 35.5. The van der Waals surface area contributed by atoms with Gasteiger partial charge >= 0.3 is 5.97 Å². The van der Waals surface area contributed by atoms with Gasteiger partial charge in [0.05, 0.1) is 21.2 Å². The van der Waals surface area contributed by atoms with E-state index in [1.54, 1.807) is 0 Å². The molecule has 3 rings (SSSR count). The van der Waals surface area contributed by atoms with E-state index in [9.17, 15) is 20.0 Å². The molecule has 21 heavy (non-hydrogen) atoms. The first-order valence-electron chi connectivity index (χ1n) is 6.88. The lowest BCUT2D eigenvalue weighted by Gasteiger charge is -2.18. The normalized spacial score (nSPS) is 19.1. The van der Waals surface area contributed by atoms with Crippen LogP contribution >= 0.6 is 11.6 Å². The topological polar surface area (TPSA) is 92.5 Å². The van der Waals surface area contributed by atoms with Crippen molar-refractivity contribution in [2.45, 2.75) is 25.7 Å². The predicted molar refractivity (Wildman–Crippen MR) is 77.9 cm³/mol. The molecule has 0 aliphatic heterocycles. The van der Waals surface area contributed by atoms with Gasteiger partial charge in [-0.05, 0) is 37.0 Å². The molecule has 2 N–H and O–H groups in total. The van der Waals surface area contributed by atoms with E-state index in [0.29, 0.717) is 6.54 Å². The second-order valence-corrected chi connectivity index (χ2v) is 6.31. The number of hydrogen-bond acceptors (Lipinski definition) is 4.